The van der Waals surface area contributed by atoms with E-state index >= 15 is 0 Å². The van der Waals surface area contributed by atoms with Gasteiger partial charge in [-0.1, -0.05) is 18.2 Å². The number of para-hydroxylation sites is 1. The summed E-state index contributed by atoms with van der Waals surface area (Å²) in [6, 6.07) is 17.4. The third-order valence-electron chi connectivity index (χ3n) is 2.40. The van der Waals surface area contributed by atoms with E-state index in [4.69, 9.17) is 4.74 Å². The van der Waals surface area contributed by atoms with Gasteiger partial charge in [-0.3, -0.25) is 5.01 Å². The van der Waals surface area contributed by atoms with Crippen molar-refractivity contribution in [2.45, 2.75) is 0 Å². The second-order valence-corrected chi connectivity index (χ2v) is 3.57. The van der Waals surface area contributed by atoms with Crippen LogP contribution in [0, 0.1) is 0 Å². The third kappa shape index (κ3) is 2.84. The largest absolute Gasteiger partial charge is 0.457 e. The molecule has 0 aliphatic rings. The molecule has 0 aliphatic heterocycles. The van der Waals surface area contributed by atoms with Gasteiger partial charge in [-0.2, -0.15) is 5.10 Å². The molecule has 0 unspecified atom stereocenters. The minimum atomic E-state index is 0.803. The Hall–Kier alpha value is -2.29. The van der Waals surface area contributed by atoms with Crippen molar-refractivity contribution in [3.63, 3.8) is 0 Å². The first-order valence-corrected chi connectivity index (χ1v) is 5.33. The molecule has 0 fully saturated rings. The van der Waals surface area contributed by atoms with E-state index in [1.807, 2.05) is 61.6 Å². The molecule has 0 spiro atoms. The Morgan fingerprint density at radius 1 is 0.941 bits per heavy atom. The molecule has 3 heteroatoms. The number of rotatable bonds is 4. The summed E-state index contributed by atoms with van der Waals surface area (Å²) in [6.45, 7) is 3.47. The summed E-state index contributed by atoms with van der Waals surface area (Å²) in [5.41, 5.74) is 0.973. The van der Waals surface area contributed by atoms with Crippen molar-refractivity contribution >= 4 is 12.4 Å². The molecule has 2 rings (SSSR count). The average molecular weight is 226 g/mol. The molecule has 0 aromatic heterocycles. The number of nitrogens with zero attached hydrogens (tertiary/aromatic N) is 2. The number of hydrogen-bond donors (Lipinski definition) is 0. The smallest absolute Gasteiger partial charge is 0.127 e. The fraction of sp³-hybridized carbons (Fsp3) is 0.0714. The maximum Gasteiger partial charge on any atom is 0.127 e. The van der Waals surface area contributed by atoms with Gasteiger partial charge in [0, 0.05) is 13.8 Å². The van der Waals surface area contributed by atoms with Gasteiger partial charge in [0.2, 0.25) is 0 Å². The molecule has 0 bridgehead atoms. The Balaban J connectivity index is 2.11. The van der Waals surface area contributed by atoms with Crippen molar-refractivity contribution in [2.75, 3.05) is 12.1 Å². The summed E-state index contributed by atoms with van der Waals surface area (Å²) in [5.74, 6) is 1.63. The van der Waals surface area contributed by atoms with E-state index in [9.17, 15) is 0 Å². The van der Waals surface area contributed by atoms with Crippen molar-refractivity contribution in [3.8, 4) is 11.5 Å². The molecule has 3 nitrogen and oxygen atoms in total. The summed E-state index contributed by atoms with van der Waals surface area (Å²) in [7, 11) is 1.85. The van der Waals surface area contributed by atoms with Crippen LogP contribution in [0.1, 0.15) is 0 Å². The second-order valence-electron chi connectivity index (χ2n) is 3.57. The summed E-state index contributed by atoms with van der Waals surface area (Å²) in [5, 5.41) is 5.52. The fourth-order valence-electron chi connectivity index (χ4n) is 1.44. The zero-order chi connectivity index (χ0) is 12.1. The highest BCUT2D eigenvalue weighted by Crippen LogP contribution is 2.23. The first kappa shape index (κ1) is 11.2. The van der Waals surface area contributed by atoms with Crippen LogP contribution in [0.4, 0.5) is 5.69 Å². The molecule has 0 amide bonds. The molecule has 0 saturated heterocycles. The minimum Gasteiger partial charge on any atom is -0.457 e. The lowest BCUT2D eigenvalue weighted by atomic mass is 10.3. The average Bonchev–Trinajstić information content (AvgIpc) is 2.40. The quantitative estimate of drug-likeness (QED) is 0.588. The number of anilines is 1. The van der Waals surface area contributed by atoms with Gasteiger partial charge < -0.3 is 4.74 Å². The van der Waals surface area contributed by atoms with Crippen molar-refractivity contribution in [2.24, 2.45) is 5.10 Å². The summed E-state index contributed by atoms with van der Waals surface area (Å²) >= 11 is 0. The molecular formula is C14H14N2O. The number of hydrogen-bond acceptors (Lipinski definition) is 3. The van der Waals surface area contributed by atoms with E-state index in [2.05, 4.69) is 11.8 Å². The van der Waals surface area contributed by atoms with Crippen molar-refractivity contribution in [3.05, 3.63) is 54.6 Å². The van der Waals surface area contributed by atoms with Crippen molar-refractivity contribution in [1.82, 2.24) is 0 Å². The Morgan fingerprint density at radius 3 is 2.12 bits per heavy atom. The first-order chi connectivity index (χ1) is 8.29. The van der Waals surface area contributed by atoms with E-state index in [0.717, 1.165) is 17.2 Å². The maximum absolute atomic E-state index is 5.68. The fourth-order valence-corrected chi connectivity index (χ4v) is 1.44. The van der Waals surface area contributed by atoms with Crippen molar-refractivity contribution < 1.29 is 4.74 Å². The minimum absolute atomic E-state index is 0.803. The van der Waals surface area contributed by atoms with Crippen LogP contribution in [0.5, 0.6) is 11.5 Å². The van der Waals surface area contributed by atoms with E-state index in [-0.39, 0.29) is 0 Å². The van der Waals surface area contributed by atoms with E-state index in [1.165, 1.54) is 0 Å². The Kier molecular flexibility index (Phi) is 3.40. The molecule has 2 aromatic carbocycles. The van der Waals surface area contributed by atoms with E-state index in [0.29, 0.717) is 0 Å². The van der Waals surface area contributed by atoms with Crippen molar-refractivity contribution in [1.29, 1.82) is 0 Å². The lowest BCUT2D eigenvalue weighted by molar-refractivity contribution is 0.482. The number of hydrazone groups is 1. The molecule has 2 aromatic rings. The predicted molar refractivity (Wildman–Crippen MR) is 70.9 cm³/mol. The molecule has 0 heterocycles. The Bertz CT molecular complexity index is 479. The molecule has 17 heavy (non-hydrogen) atoms. The van der Waals surface area contributed by atoms with Gasteiger partial charge in [0.15, 0.2) is 0 Å². The number of benzene rings is 2. The zero-order valence-corrected chi connectivity index (χ0v) is 9.71. The van der Waals surface area contributed by atoms with Crippen LogP contribution in [0.15, 0.2) is 59.7 Å². The predicted octanol–water partition coefficient (Wildman–Crippen LogP) is 3.53. The lowest BCUT2D eigenvalue weighted by Gasteiger charge is -2.12. The van der Waals surface area contributed by atoms with Gasteiger partial charge in [-0.15, -0.1) is 0 Å². The Morgan fingerprint density at radius 2 is 1.53 bits per heavy atom. The van der Waals surface area contributed by atoms with E-state index < -0.39 is 0 Å². The summed E-state index contributed by atoms with van der Waals surface area (Å²) < 4.78 is 5.68. The monoisotopic (exact) mass is 226 g/mol. The van der Waals surface area contributed by atoms with Crippen LogP contribution in [0.2, 0.25) is 0 Å². The molecule has 0 saturated carbocycles. The van der Waals surface area contributed by atoms with Gasteiger partial charge in [0.05, 0.1) is 5.69 Å². The second kappa shape index (κ2) is 5.16. The van der Waals surface area contributed by atoms with Crippen LogP contribution < -0.4 is 9.75 Å². The Labute approximate surface area is 101 Å². The maximum atomic E-state index is 5.68. The normalized spacial score (nSPS) is 9.71. The molecule has 0 N–H and O–H groups in total. The van der Waals surface area contributed by atoms with Gasteiger partial charge in [0.25, 0.3) is 0 Å². The highest BCUT2D eigenvalue weighted by Gasteiger charge is 1.99. The topological polar surface area (TPSA) is 24.8 Å². The lowest BCUT2D eigenvalue weighted by Crippen LogP contribution is -2.06. The summed E-state index contributed by atoms with van der Waals surface area (Å²) in [6.07, 6.45) is 0. The van der Waals surface area contributed by atoms with Gasteiger partial charge >= 0.3 is 0 Å². The van der Waals surface area contributed by atoms with E-state index in [1.54, 1.807) is 5.01 Å². The SMILES string of the molecule is C=NN(C)c1ccc(Oc2ccccc2)cc1. The number of ether oxygens (including phenoxy) is 1. The summed E-state index contributed by atoms with van der Waals surface area (Å²) in [4.78, 5) is 0. The van der Waals surface area contributed by atoms with Crippen LogP contribution in [0.3, 0.4) is 0 Å². The standard InChI is InChI=1S/C14H14N2O/c1-15-16(2)12-8-10-14(11-9-12)17-13-6-4-3-5-7-13/h3-11H,1H2,2H3. The van der Waals surface area contributed by atoms with Crippen LogP contribution in [0.25, 0.3) is 0 Å². The highest BCUT2D eigenvalue weighted by atomic mass is 16.5. The van der Waals surface area contributed by atoms with Crippen LogP contribution >= 0.6 is 0 Å². The highest BCUT2D eigenvalue weighted by molar-refractivity contribution is 5.49. The molecular weight excluding hydrogens is 212 g/mol. The van der Waals surface area contributed by atoms with Crippen LogP contribution in [-0.4, -0.2) is 13.8 Å². The first-order valence-electron chi connectivity index (χ1n) is 5.33. The van der Waals surface area contributed by atoms with Gasteiger partial charge in [-0.25, -0.2) is 0 Å². The molecule has 86 valence electrons. The third-order valence-corrected chi connectivity index (χ3v) is 2.40. The molecule has 0 atom stereocenters. The molecule has 0 aliphatic carbocycles. The van der Waals surface area contributed by atoms with Crippen LogP contribution in [-0.2, 0) is 0 Å². The van der Waals surface area contributed by atoms with Gasteiger partial charge in [-0.05, 0) is 36.4 Å². The zero-order valence-electron chi connectivity index (χ0n) is 9.71. The van der Waals surface area contributed by atoms with Gasteiger partial charge in [0.1, 0.15) is 11.5 Å². The molecule has 0 radical (unpaired) electrons.